The smallest absolute Gasteiger partial charge is 0.137 e. The number of aliphatic imine (C=N–C) groups is 1. The van der Waals surface area contributed by atoms with Crippen LogP contribution in [0.3, 0.4) is 0 Å². The highest BCUT2D eigenvalue weighted by Crippen LogP contribution is 2.32. The number of rotatable bonds is 5. The second-order valence-corrected chi connectivity index (χ2v) is 8.30. The van der Waals surface area contributed by atoms with E-state index < -0.39 is 0 Å². The molecule has 2 aromatic heterocycles. The van der Waals surface area contributed by atoms with Crippen LogP contribution in [0.4, 0.5) is 5.82 Å². The Morgan fingerprint density at radius 2 is 1.90 bits per heavy atom. The Hall–Kier alpha value is -3.22. The quantitative estimate of drug-likeness (QED) is 0.657. The fourth-order valence-corrected chi connectivity index (χ4v) is 4.37. The van der Waals surface area contributed by atoms with Gasteiger partial charge in [-0.2, -0.15) is 5.10 Å². The van der Waals surface area contributed by atoms with E-state index in [0.29, 0.717) is 12.1 Å². The van der Waals surface area contributed by atoms with Gasteiger partial charge in [0.15, 0.2) is 0 Å². The molecule has 7 nitrogen and oxygen atoms in total. The number of hydrogen-bond acceptors (Lipinski definition) is 6. The van der Waals surface area contributed by atoms with E-state index in [1.807, 2.05) is 17.2 Å². The molecule has 0 radical (unpaired) electrons. The summed E-state index contributed by atoms with van der Waals surface area (Å²) in [6, 6.07) is 11.0. The molecular formula is C23H24N6O. The molecule has 1 aromatic carbocycles. The molecule has 2 aliphatic heterocycles. The van der Waals surface area contributed by atoms with E-state index in [1.54, 1.807) is 6.33 Å². The predicted octanol–water partition coefficient (Wildman–Crippen LogP) is 3.41. The molecule has 4 heterocycles. The third kappa shape index (κ3) is 3.34. The van der Waals surface area contributed by atoms with Crippen LogP contribution in [0.1, 0.15) is 48.4 Å². The molecule has 30 heavy (non-hydrogen) atoms. The van der Waals surface area contributed by atoms with Crippen LogP contribution in [0, 0.1) is 0 Å². The second kappa shape index (κ2) is 7.23. The lowest BCUT2D eigenvalue weighted by Crippen LogP contribution is -2.35. The van der Waals surface area contributed by atoms with Crippen LogP contribution >= 0.6 is 0 Å². The van der Waals surface area contributed by atoms with Crippen LogP contribution in [0.2, 0.25) is 0 Å². The van der Waals surface area contributed by atoms with Crippen molar-refractivity contribution in [2.24, 2.45) is 4.99 Å². The van der Waals surface area contributed by atoms with Gasteiger partial charge in [-0.1, -0.05) is 6.07 Å². The summed E-state index contributed by atoms with van der Waals surface area (Å²) in [6.07, 6.45) is 10.1. The molecule has 7 heteroatoms. The highest BCUT2D eigenvalue weighted by atomic mass is 16.5. The van der Waals surface area contributed by atoms with Gasteiger partial charge in [-0.15, -0.1) is 0 Å². The average molecular weight is 400 g/mol. The van der Waals surface area contributed by atoms with Crippen molar-refractivity contribution in [2.75, 3.05) is 18.0 Å². The number of ether oxygens (including phenoxy) is 1. The topological polar surface area (TPSA) is 68.4 Å². The molecule has 0 spiro atoms. The van der Waals surface area contributed by atoms with Gasteiger partial charge >= 0.3 is 0 Å². The summed E-state index contributed by atoms with van der Waals surface area (Å²) >= 11 is 0. The van der Waals surface area contributed by atoms with Gasteiger partial charge in [0.2, 0.25) is 0 Å². The molecule has 0 atom stereocenters. The first-order chi connectivity index (χ1) is 14.8. The zero-order chi connectivity index (χ0) is 19.9. The number of benzene rings is 1. The Balaban J connectivity index is 1.21. The van der Waals surface area contributed by atoms with Gasteiger partial charge in [-0.25, -0.2) is 14.6 Å². The second-order valence-electron chi connectivity index (χ2n) is 8.30. The van der Waals surface area contributed by atoms with Gasteiger partial charge < -0.3 is 9.64 Å². The van der Waals surface area contributed by atoms with E-state index in [9.17, 15) is 0 Å². The maximum Gasteiger partial charge on any atom is 0.137 e. The fourth-order valence-electron chi connectivity index (χ4n) is 4.37. The van der Waals surface area contributed by atoms with Crippen molar-refractivity contribution in [3.63, 3.8) is 0 Å². The average Bonchev–Trinajstić information content (AvgIpc) is 3.27. The number of nitrogens with zero attached hydrogens (tertiary/aromatic N) is 6. The van der Waals surface area contributed by atoms with E-state index in [-0.39, 0.29) is 0 Å². The molecule has 0 N–H and O–H groups in total. The normalized spacial score (nSPS) is 18.9. The molecule has 0 amide bonds. The third-order valence-electron chi connectivity index (χ3n) is 6.19. The molecule has 2 fully saturated rings. The third-order valence-corrected chi connectivity index (χ3v) is 6.19. The number of aromatic nitrogens is 4. The van der Waals surface area contributed by atoms with Gasteiger partial charge in [0.25, 0.3) is 0 Å². The first-order valence-electron chi connectivity index (χ1n) is 10.7. The number of pyridine rings is 1. The Morgan fingerprint density at radius 3 is 2.70 bits per heavy atom. The van der Waals surface area contributed by atoms with Gasteiger partial charge in [-0.3, -0.25) is 4.99 Å². The van der Waals surface area contributed by atoms with Crippen molar-refractivity contribution in [3.8, 4) is 5.75 Å². The molecule has 0 bridgehead atoms. The highest BCUT2D eigenvalue weighted by Gasteiger charge is 2.26. The van der Waals surface area contributed by atoms with E-state index in [0.717, 1.165) is 55.3 Å². The minimum Gasteiger partial charge on any atom is -0.490 e. The standard InChI is InChI=1S/C23H24N6O/c1-2-20(30-19-3-4-19)12-21-17(1)13-26-23(21)16-5-8-25-22(11-16)28-9-6-18(7-10-28)29-15-24-14-27-29/h1-2,5,8,11-12,14-15,18-19H,3-4,6-7,9-10,13H2. The first-order valence-corrected chi connectivity index (χ1v) is 10.7. The summed E-state index contributed by atoms with van der Waals surface area (Å²) in [5, 5.41) is 4.30. The summed E-state index contributed by atoms with van der Waals surface area (Å²) in [7, 11) is 0. The summed E-state index contributed by atoms with van der Waals surface area (Å²) in [5.41, 5.74) is 4.63. The highest BCUT2D eigenvalue weighted by molar-refractivity contribution is 6.15. The van der Waals surface area contributed by atoms with Crippen molar-refractivity contribution in [2.45, 2.75) is 44.4 Å². The van der Waals surface area contributed by atoms with Crippen molar-refractivity contribution >= 4 is 11.5 Å². The Labute approximate surface area is 175 Å². The van der Waals surface area contributed by atoms with Crippen LogP contribution in [0.25, 0.3) is 0 Å². The molecule has 152 valence electrons. The van der Waals surface area contributed by atoms with Crippen molar-refractivity contribution in [1.29, 1.82) is 0 Å². The lowest BCUT2D eigenvalue weighted by atomic mass is 10.00. The molecule has 1 saturated heterocycles. The van der Waals surface area contributed by atoms with Crippen molar-refractivity contribution in [1.82, 2.24) is 19.7 Å². The molecule has 6 rings (SSSR count). The number of fused-ring (bicyclic) bond motifs is 1. The molecule has 1 aliphatic carbocycles. The lowest BCUT2D eigenvalue weighted by molar-refractivity contribution is 0.303. The van der Waals surface area contributed by atoms with Crippen LogP contribution in [-0.2, 0) is 6.54 Å². The molecular weight excluding hydrogens is 376 g/mol. The summed E-state index contributed by atoms with van der Waals surface area (Å²) in [4.78, 5) is 15.9. The number of anilines is 1. The maximum absolute atomic E-state index is 6.01. The minimum atomic E-state index is 0.401. The van der Waals surface area contributed by atoms with Crippen molar-refractivity contribution in [3.05, 3.63) is 65.9 Å². The van der Waals surface area contributed by atoms with Crippen LogP contribution in [0.15, 0.2) is 54.2 Å². The SMILES string of the molecule is c1cc(C2=NCc3ccc(OC4CC4)cc32)cc(N2CCC(n3cncn3)CC2)n1. The molecule has 3 aromatic rings. The predicted molar refractivity (Wildman–Crippen MR) is 114 cm³/mol. The number of hydrogen-bond donors (Lipinski definition) is 0. The van der Waals surface area contributed by atoms with Crippen molar-refractivity contribution < 1.29 is 4.74 Å². The van der Waals surface area contributed by atoms with E-state index >= 15 is 0 Å². The van der Waals surface area contributed by atoms with E-state index in [1.165, 1.54) is 24.0 Å². The minimum absolute atomic E-state index is 0.401. The Bertz CT molecular complexity index is 1080. The van der Waals surface area contributed by atoms with Gasteiger partial charge in [0.1, 0.15) is 24.2 Å². The van der Waals surface area contributed by atoms with E-state index in [4.69, 9.17) is 9.73 Å². The largest absolute Gasteiger partial charge is 0.490 e. The molecule has 3 aliphatic rings. The Morgan fingerprint density at radius 1 is 1.00 bits per heavy atom. The molecule has 1 saturated carbocycles. The zero-order valence-electron chi connectivity index (χ0n) is 16.8. The molecule has 0 unspecified atom stereocenters. The summed E-state index contributed by atoms with van der Waals surface area (Å²) < 4.78 is 7.99. The van der Waals surface area contributed by atoms with Crippen LogP contribution < -0.4 is 9.64 Å². The fraction of sp³-hybridized carbons (Fsp3) is 0.391. The van der Waals surface area contributed by atoms with E-state index in [2.05, 4.69) is 50.3 Å². The van der Waals surface area contributed by atoms with Gasteiger partial charge in [0.05, 0.1) is 24.4 Å². The summed E-state index contributed by atoms with van der Waals surface area (Å²) in [5.74, 6) is 1.97. The summed E-state index contributed by atoms with van der Waals surface area (Å²) in [6.45, 7) is 2.65. The number of piperidine rings is 1. The Kier molecular flexibility index (Phi) is 4.25. The lowest BCUT2D eigenvalue weighted by Gasteiger charge is -2.32. The maximum atomic E-state index is 6.01. The van der Waals surface area contributed by atoms with Gasteiger partial charge in [0, 0.05) is 30.4 Å². The zero-order valence-corrected chi connectivity index (χ0v) is 16.8. The monoisotopic (exact) mass is 400 g/mol. The first kappa shape index (κ1) is 17.6. The van der Waals surface area contributed by atoms with Crippen LogP contribution in [0.5, 0.6) is 5.75 Å². The van der Waals surface area contributed by atoms with Crippen LogP contribution in [-0.4, -0.2) is 44.7 Å². The van der Waals surface area contributed by atoms with Gasteiger partial charge in [-0.05, 0) is 55.5 Å².